The number of H-pyrrole nitrogens is 1. The van der Waals surface area contributed by atoms with Gasteiger partial charge in [-0.05, 0) is 66.8 Å². The molecule has 0 radical (unpaired) electrons. The number of piperazine rings is 1. The van der Waals surface area contributed by atoms with Crippen molar-refractivity contribution in [3.8, 4) is 0 Å². The quantitative estimate of drug-likeness (QED) is 0.434. The Hall–Kier alpha value is -3.00. The van der Waals surface area contributed by atoms with Crippen molar-refractivity contribution in [1.29, 1.82) is 0 Å². The highest BCUT2D eigenvalue weighted by Crippen LogP contribution is 2.46. The lowest BCUT2D eigenvalue weighted by Gasteiger charge is -2.43. The van der Waals surface area contributed by atoms with Crippen LogP contribution in [0.1, 0.15) is 50.2 Å². The first kappa shape index (κ1) is 27.6. The molecule has 1 aliphatic carbocycles. The van der Waals surface area contributed by atoms with Crippen molar-refractivity contribution < 1.29 is 13.2 Å². The third-order valence-corrected chi connectivity index (χ3v) is 8.80. The van der Waals surface area contributed by atoms with Crippen LogP contribution >= 0.6 is 0 Å². The summed E-state index contributed by atoms with van der Waals surface area (Å²) in [5.41, 5.74) is 0.972. The van der Waals surface area contributed by atoms with Crippen molar-refractivity contribution in [3.63, 3.8) is 0 Å². The van der Waals surface area contributed by atoms with Gasteiger partial charge in [0.1, 0.15) is 5.82 Å². The van der Waals surface area contributed by atoms with E-state index in [9.17, 15) is 18.0 Å². The average Bonchev–Trinajstić information content (AvgIpc) is 2.92. The van der Waals surface area contributed by atoms with Gasteiger partial charge >= 0.3 is 6.18 Å². The number of fused-ring (bicyclic) bond motifs is 1. The van der Waals surface area contributed by atoms with Crippen LogP contribution in [0, 0.1) is 17.8 Å². The molecule has 1 saturated heterocycles. The predicted octanol–water partition coefficient (Wildman–Crippen LogP) is 6.28. The number of allylic oxidation sites excluding steroid dienone is 3. The third-order valence-electron chi connectivity index (χ3n) is 8.80. The molecule has 39 heavy (non-hydrogen) atoms. The van der Waals surface area contributed by atoms with Gasteiger partial charge in [-0.25, -0.2) is 0 Å². The van der Waals surface area contributed by atoms with Crippen LogP contribution in [-0.4, -0.2) is 48.6 Å². The summed E-state index contributed by atoms with van der Waals surface area (Å²) in [7, 11) is 0. The molecule has 0 spiro atoms. The zero-order valence-corrected chi connectivity index (χ0v) is 22.8. The van der Waals surface area contributed by atoms with Gasteiger partial charge in [-0.2, -0.15) is 13.2 Å². The first-order valence-corrected chi connectivity index (χ1v) is 14.2. The number of nitrogens with one attached hydrogen (secondary N) is 2. The fraction of sp³-hybridized carbons (Fsp3) is 0.516. The molecule has 5 atom stereocenters. The Bertz CT molecular complexity index is 1240. The molecule has 2 aromatic rings. The summed E-state index contributed by atoms with van der Waals surface area (Å²) in [6, 6.07) is 9.63. The summed E-state index contributed by atoms with van der Waals surface area (Å²) in [6.45, 7) is 9.03. The van der Waals surface area contributed by atoms with E-state index in [2.05, 4.69) is 58.3 Å². The molecule has 210 valence electrons. The highest BCUT2D eigenvalue weighted by atomic mass is 19.4. The molecule has 2 N–H and O–H groups in total. The van der Waals surface area contributed by atoms with Crippen molar-refractivity contribution in [3.05, 3.63) is 82.2 Å². The normalized spacial score (nSPS) is 26.2. The topological polar surface area (TPSA) is 51.4 Å². The summed E-state index contributed by atoms with van der Waals surface area (Å²) < 4.78 is 40.5. The number of rotatable bonds is 7. The highest BCUT2D eigenvalue weighted by molar-refractivity contribution is 5.58. The van der Waals surface area contributed by atoms with E-state index in [0.29, 0.717) is 11.8 Å². The van der Waals surface area contributed by atoms with Crippen LogP contribution in [0.4, 0.5) is 24.7 Å². The smallest absolute Gasteiger partial charge is 0.381 e. The van der Waals surface area contributed by atoms with Gasteiger partial charge in [-0.15, -0.1) is 0 Å². The van der Waals surface area contributed by atoms with Gasteiger partial charge in [-0.1, -0.05) is 44.2 Å². The molecule has 5 rings (SSSR count). The molecule has 1 fully saturated rings. The summed E-state index contributed by atoms with van der Waals surface area (Å²) >= 11 is 0. The van der Waals surface area contributed by atoms with Crippen molar-refractivity contribution in [1.82, 2.24) is 9.88 Å². The largest absolute Gasteiger partial charge is 0.416 e. The van der Waals surface area contributed by atoms with Crippen LogP contribution in [0.3, 0.4) is 0 Å². The first-order valence-electron chi connectivity index (χ1n) is 14.2. The first-order chi connectivity index (χ1) is 18.7. The fourth-order valence-corrected chi connectivity index (χ4v) is 6.60. The van der Waals surface area contributed by atoms with Crippen molar-refractivity contribution in [2.45, 2.75) is 51.2 Å². The standard InChI is InChI=1S/C31H39F3N4O/c1-21(20-37-15-17-38(18-16-37)28-9-6-10-29(39)36-28)11-13-25-22(2)26-19-24(31(32,33)34)12-14-27(26)35-30(25)23-7-4-3-5-8-23/h3-7,9-10,12,14,19,21-23,25,30,35H,8,11,13,15-18,20H2,1-2H3,(H,36,39)/t21-,22?,23?,25-,30+/m1/s1. The summed E-state index contributed by atoms with van der Waals surface area (Å²) in [6.07, 6.45) is 7.19. The van der Waals surface area contributed by atoms with Gasteiger partial charge in [0, 0.05) is 56.4 Å². The van der Waals surface area contributed by atoms with Crippen LogP contribution in [0.2, 0.25) is 0 Å². The number of hydrogen-bond donors (Lipinski definition) is 2. The van der Waals surface area contributed by atoms with E-state index in [1.54, 1.807) is 12.1 Å². The molecule has 5 nitrogen and oxygen atoms in total. The maximum Gasteiger partial charge on any atom is 0.416 e. The molecular formula is C31H39F3N4O. The number of aromatic nitrogens is 1. The van der Waals surface area contributed by atoms with Gasteiger partial charge in [0.2, 0.25) is 5.56 Å². The SMILES string of the molecule is CC1c2cc(C(F)(F)F)ccc2N[C@@H](C2C=CC=CC2)[C@@H]1CC[C@@H](C)CN1CCN(c2cccc(=O)[nH]2)CC1. The minimum Gasteiger partial charge on any atom is -0.381 e. The zero-order valence-electron chi connectivity index (χ0n) is 22.8. The maximum atomic E-state index is 13.5. The summed E-state index contributed by atoms with van der Waals surface area (Å²) in [5, 5.41) is 3.66. The molecule has 1 aromatic carbocycles. The van der Waals surface area contributed by atoms with Crippen LogP contribution in [0.5, 0.6) is 0 Å². The number of aromatic amines is 1. The molecule has 8 heteroatoms. The number of halogens is 3. The molecule has 1 aromatic heterocycles. The number of benzene rings is 1. The van der Waals surface area contributed by atoms with Crippen LogP contribution in [0.25, 0.3) is 0 Å². The number of pyridine rings is 1. The number of alkyl halides is 3. The Morgan fingerprint density at radius 1 is 1.08 bits per heavy atom. The minimum atomic E-state index is -4.34. The Morgan fingerprint density at radius 3 is 2.56 bits per heavy atom. The van der Waals surface area contributed by atoms with E-state index in [1.165, 1.54) is 18.2 Å². The maximum absolute atomic E-state index is 13.5. The summed E-state index contributed by atoms with van der Waals surface area (Å²) in [5.74, 6) is 1.96. The predicted molar refractivity (Wildman–Crippen MR) is 151 cm³/mol. The average molecular weight is 541 g/mol. The van der Waals surface area contributed by atoms with Gasteiger partial charge in [0.25, 0.3) is 0 Å². The van der Waals surface area contributed by atoms with Crippen LogP contribution < -0.4 is 15.8 Å². The van der Waals surface area contributed by atoms with Crippen LogP contribution in [-0.2, 0) is 6.18 Å². The molecule has 0 saturated carbocycles. The number of hydrogen-bond acceptors (Lipinski definition) is 4. The van der Waals surface area contributed by atoms with Crippen molar-refractivity contribution in [2.75, 3.05) is 42.9 Å². The third kappa shape index (κ3) is 6.43. The Balaban J connectivity index is 1.22. The molecular weight excluding hydrogens is 501 g/mol. The van der Waals surface area contributed by atoms with E-state index in [4.69, 9.17) is 0 Å². The number of anilines is 2. The Labute approximate surface area is 228 Å². The van der Waals surface area contributed by atoms with Gasteiger partial charge < -0.3 is 15.2 Å². The minimum absolute atomic E-state index is 0.0385. The highest BCUT2D eigenvalue weighted by Gasteiger charge is 2.39. The van der Waals surface area contributed by atoms with E-state index in [1.807, 2.05) is 6.07 Å². The van der Waals surface area contributed by atoms with Gasteiger partial charge in [0.15, 0.2) is 0 Å². The Kier molecular flexibility index (Phi) is 8.21. The lowest BCUT2D eigenvalue weighted by molar-refractivity contribution is -0.137. The monoisotopic (exact) mass is 540 g/mol. The zero-order chi connectivity index (χ0) is 27.6. The second-order valence-electron chi connectivity index (χ2n) is 11.5. The van der Waals surface area contributed by atoms with Crippen LogP contribution in [0.15, 0.2) is 65.5 Å². The molecule has 2 aliphatic heterocycles. The van der Waals surface area contributed by atoms with E-state index in [0.717, 1.165) is 69.1 Å². The van der Waals surface area contributed by atoms with Crippen molar-refractivity contribution in [2.24, 2.45) is 17.8 Å². The van der Waals surface area contributed by atoms with E-state index >= 15 is 0 Å². The molecule has 0 amide bonds. The van der Waals surface area contributed by atoms with E-state index < -0.39 is 11.7 Å². The van der Waals surface area contributed by atoms with Gasteiger partial charge in [-0.3, -0.25) is 9.69 Å². The molecule has 2 unspecified atom stereocenters. The Morgan fingerprint density at radius 2 is 1.87 bits per heavy atom. The molecule has 3 aliphatic rings. The second kappa shape index (κ2) is 11.6. The number of nitrogens with zero attached hydrogens (tertiary/aromatic N) is 2. The lowest BCUT2D eigenvalue weighted by Crippen LogP contribution is -2.48. The van der Waals surface area contributed by atoms with Crippen molar-refractivity contribution >= 4 is 11.5 Å². The lowest BCUT2D eigenvalue weighted by atomic mass is 9.70. The molecule has 3 heterocycles. The second-order valence-corrected chi connectivity index (χ2v) is 11.5. The van der Waals surface area contributed by atoms with E-state index in [-0.39, 0.29) is 23.4 Å². The fourth-order valence-electron chi connectivity index (χ4n) is 6.60. The van der Waals surface area contributed by atoms with Gasteiger partial charge in [0.05, 0.1) is 5.56 Å². The summed E-state index contributed by atoms with van der Waals surface area (Å²) in [4.78, 5) is 19.3. The molecule has 0 bridgehead atoms.